The summed E-state index contributed by atoms with van der Waals surface area (Å²) in [4.78, 5) is 24.1. The van der Waals surface area contributed by atoms with E-state index in [0.717, 1.165) is 18.4 Å². The fraction of sp³-hybridized carbons (Fsp3) is 0.250. The Balaban J connectivity index is 1.87. The van der Waals surface area contributed by atoms with Crippen molar-refractivity contribution in [2.45, 2.75) is 26.7 Å². The van der Waals surface area contributed by atoms with Crippen LogP contribution in [-0.2, 0) is 0 Å². The Morgan fingerprint density at radius 2 is 1.50 bits per heavy atom. The van der Waals surface area contributed by atoms with Crippen LogP contribution in [0.4, 0.5) is 5.69 Å². The molecule has 2 aromatic rings. The van der Waals surface area contributed by atoms with Gasteiger partial charge in [0.25, 0.3) is 11.8 Å². The highest BCUT2D eigenvalue weighted by Crippen LogP contribution is 2.10. The van der Waals surface area contributed by atoms with E-state index in [2.05, 4.69) is 22.9 Å². The van der Waals surface area contributed by atoms with Crippen LogP contribution in [0.3, 0.4) is 0 Å². The Hall–Kier alpha value is -2.73. The zero-order valence-electron chi connectivity index (χ0n) is 15.0. The summed E-state index contributed by atoms with van der Waals surface area (Å²) in [5.74, 6) is -0.366. The van der Waals surface area contributed by atoms with E-state index in [4.69, 9.17) is 12.2 Å². The van der Waals surface area contributed by atoms with Gasteiger partial charge in [-0.25, -0.2) is 0 Å². The summed E-state index contributed by atoms with van der Waals surface area (Å²) in [5.41, 5.74) is 2.91. The second kappa shape index (κ2) is 9.68. The molecular weight excluding hydrogens is 346 g/mol. The molecule has 3 N–H and O–H groups in total. The molecule has 2 rings (SSSR count). The molecule has 0 unspecified atom stereocenters. The molecule has 0 bridgehead atoms. The molecule has 0 radical (unpaired) electrons. The maximum atomic E-state index is 12.1. The van der Waals surface area contributed by atoms with Gasteiger partial charge in [-0.2, -0.15) is 0 Å². The molecule has 6 heteroatoms. The van der Waals surface area contributed by atoms with Gasteiger partial charge in [-0.15, -0.1) is 0 Å². The molecule has 0 aliphatic heterocycles. The first-order valence-corrected chi connectivity index (χ1v) is 8.97. The zero-order valence-corrected chi connectivity index (χ0v) is 15.8. The van der Waals surface area contributed by atoms with Crippen molar-refractivity contribution in [1.82, 2.24) is 10.6 Å². The topological polar surface area (TPSA) is 70.2 Å². The Morgan fingerprint density at radius 3 is 2.12 bits per heavy atom. The number of unbranched alkanes of at least 4 members (excludes halogenated alkanes) is 1. The van der Waals surface area contributed by atoms with Gasteiger partial charge in [-0.1, -0.05) is 31.0 Å². The average Bonchev–Trinajstić information content (AvgIpc) is 2.62. The summed E-state index contributed by atoms with van der Waals surface area (Å²) in [5, 5.41) is 8.65. The standard InChI is InChI=1S/C20H23N3O2S/c1-3-4-13-21-18(24)15-9-11-17(12-10-15)22-20(26)23-19(25)16-7-5-14(2)6-8-16/h5-12H,3-4,13H2,1-2H3,(H,21,24)(H2,22,23,25,26). The molecule has 0 saturated heterocycles. The molecule has 0 saturated carbocycles. The predicted octanol–water partition coefficient (Wildman–Crippen LogP) is 3.65. The third-order valence-corrected chi connectivity index (χ3v) is 3.97. The molecule has 0 aromatic heterocycles. The second-order valence-corrected chi connectivity index (χ2v) is 6.37. The van der Waals surface area contributed by atoms with Crippen LogP contribution < -0.4 is 16.0 Å². The van der Waals surface area contributed by atoms with Crippen LogP contribution in [-0.4, -0.2) is 23.5 Å². The largest absolute Gasteiger partial charge is 0.352 e. The Labute approximate surface area is 159 Å². The number of aryl methyl sites for hydroxylation is 1. The molecule has 0 atom stereocenters. The number of amides is 2. The van der Waals surface area contributed by atoms with Crippen molar-refractivity contribution in [1.29, 1.82) is 0 Å². The lowest BCUT2D eigenvalue weighted by Gasteiger charge is -2.10. The third-order valence-electron chi connectivity index (χ3n) is 3.76. The van der Waals surface area contributed by atoms with Crippen LogP contribution in [0.15, 0.2) is 48.5 Å². The first kappa shape index (κ1) is 19.6. The summed E-state index contributed by atoms with van der Waals surface area (Å²) in [7, 11) is 0. The summed E-state index contributed by atoms with van der Waals surface area (Å²) < 4.78 is 0. The van der Waals surface area contributed by atoms with Crippen molar-refractivity contribution in [3.05, 3.63) is 65.2 Å². The smallest absolute Gasteiger partial charge is 0.257 e. The van der Waals surface area contributed by atoms with Crippen LogP contribution >= 0.6 is 12.2 Å². The van der Waals surface area contributed by atoms with Gasteiger partial charge in [0.15, 0.2) is 5.11 Å². The maximum Gasteiger partial charge on any atom is 0.257 e. The SMILES string of the molecule is CCCCNC(=O)c1ccc(NC(=S)NC(=O)c2ccc(C)cc2)cc1. The minimum Gasteiger partial charge on any atom is -0.352 e. The van der Waals surface area contributed by atoms with E-state index in [-0.39, 0.29) is 16.9 Å². The highest BCUT2D eigenvalue weighted by molar-refractivity contribution is 7.80. The van der Waals surface area contributed by atoms with Crippen LogP contribution in [0.25, 0.3) is 0 Å². The van der Waals surface area contributed by atoms with E-state index in [9.17, 15) is 9.59 Å². The van der Waals surface area contributed by atoms with Gasteiger partial charge in [0.1, 0.15) is 0 Å². The van der Waals surface area contributed by atoms with E-state index in [1.54, 1.807) is 36.4 Å². The van der Waals surface area contributed by atoms with Crippen LogP contribution in [0.1, 0.15) is 46.0 Å². The number of carbonyl (C=O) groups excluding carboxylic acids is 2. The highest BCUT2D eigenvalue weighted by atomic mass is 32.1. The van der Waals surface area contributed by atoms with Crippen LogP contribution in [0.2, 0.25) is 0 Å². The summed E-state index contributed by atoms with van der Waals surface area (Å²) in [6, 6.07) is 14.2. The van der Waals surface area contributed by atoms with E-state index in [1.165, 1.54) is 0 Å². The lowest BCUT2D eigenvalue weighted by molar-refractivity contribution is 0.0950. The fourth-order valence-corrected chi connectivity index (χ4v) is 2.44. The number of hydrogen-bond acceptors (Lipinski definition) is 3. The van der Waals surface area contributed by atoms with Crippen molar-refractivity contribution >= 4 is 34.8 Å². The number of thiocarbonyl (C=S) groups is 1. The monoisotopic (exact) mass is 369 g/mol. The van der Waals surface area contributed by atoms with Gasteiger partial charge in [0.2, 0.25) is 0 Å². The number of nitrogens with one attached hydrogen (secondary N) is 3. The molecule has 0 aliphatic rings. The van der Waals surface area contributed by atoms with Gasteiger partial charge >= 0.3 is 0 Å². The Bertz CT molecular complexity index is 771. The van der Waals surface area contributed by atoms with Gasteiger partial charge in [-0.3, -0.25) is 14.9 Å². The first-order chi connectivity index (χ1) is 12.5. The molecule has 0 fully saturated rings. The molecule has 5 nitrogen and oxygen atoms in total. The predicted molar refractivity (Wildman–Crippen MR) is 109 cm³/mol. The number of benzene rings is 2. The molecule has 0 heterocycles. The van der Waals surface area contributed by atoms with Gasteiger partial charge < -0.3 is 10.6 Å². The number of anilines is 1. The van der Waals surface area contributed by atoms with E-state index >= 15 is 0 Å². The molecule has 2 amide bonds. The minimum absolute atomic E-state index is 0.0970. The molecule has 2 aromatic carbocycles. The van der Waals surface area contributed by atoms with Gasteiger partial charge in [0, 0.05) is 23.4 Å². The minimum atomic E-state index is -0.269. The lowest BCUT2D eigenvalue weighted by Crippen LogP contribution is -2.34. The van der Waals surface area contributed by atoms with Crippen LogP contribution in [0, 0.1) is 6.92 Å². The Kier molecular flexibility index (Phi) is 7.29. The maximum absolute atomic E-state index is 12.1. The summed E-state index contributed by atoms with van der Waals surface area (Å²) >= 11 is 5.17. The van der Waals surface area contributed by atoms with Crippen molar-refractivity contribution < 1.29 is 9.59 Å². The molecular formula is C20H23N3O2S. The molecule has 0 aliphatic carbocycles. The van der Waals surface area contributed by atoms with Crippen molar-refractivity contribution in [2.24, 2.45) is 0 Å². The highest BCUT2D eigenvalue weighted by Gasteiger charge is 2.08. The lowest BCUT2D eigenvalue weighted by atomic mass is 10.1. The first-order valence-electron chi connectivity index (χ1n) is 8.57. The normalized spacial score (nSPS) is 10.1. The number of carbonyl (C=O) groups is 2. The number of rotatable bonds is 6. The van der Waals surface area contributed by atoms with Crippen molar-refractivity contribution in [3.8, 4) is 0 Å². The molecule has 0 spiro atoms. The Morgan fingerprint density at radius 1 is 0.923 bits per heavy atom. The third kappa shape index (κ3) is 5.97. The number of hydrogen-bond donors (Lipinski definition) is 3. The van der Waals surface area contributed by atoms with E-state index in [0.29, 0.717) is 23.4 Å². The van der Waals surface area contributed by atoms with Crippen molar-refractivity contribution in [3.63, 3.8) is 0 Å². The summed E-state index contributed by atoms with van der Waals surface area (Å²) in [6.07, 6.45) is 2.00. The summed E-state index contributed by atoms with van der Waals surface area (Å²) in [6.45, 7) is 4.71. The molecule has 26 heavy (non-hydrogen) atoms. The van der Waals surface area contributed by atoms with Crippen molar-refractivity contribution in [2.75, 3.05) is 11.9 Å². The van der Waals surface area contributed by atoms with Gasteiger partial charge in [0.05, 0.1) is 0 Å². The van der Waals surface area contributed by atoms with E-state index < -0.39 is 0 Å². The average molecular weight is 369 g/mol. The second-order valence-electron chi connectivity index (χ2n) is 5.96. The molecule has 136 valence electrons. The van der Waals surface area contributed by atoms with E-state index in [1.807, 2.05) is 19.1 Å². The van der Waals surface area contributed by atoms with Crippen LogP contribution in [0.5, 0.6) is 0 Å². The fourth-order valence-electron chi connectivity index (χ4n) is 2.23. The zero-order chi connectivity index (χ0) is 18.9. The van der Waals surface area contributed by atoms with Gasteiger partial charge in [-0.05, 0) is 62.0 Å². The quantitative estimate of drug-likeness (QED) is 0.537.